The predicted molar refractivity (Wildman–Crippen MR) is 247 cm³/mol. The lowest BCUT2D eigenvalue weighted by atomic mass is 9.94. The molecule has 3 amide bonds. The van der Waals surface area contributed by atoms with E-state index in [2.05, 4.69) is 29.8 Å². The van der Waals surface area contributed by atoms with Crippen LogP contribution >= 0.6 is 23.5 Å². The van der Waals surface area contributed by atoms with Gasteiger partial charge in [0, 0.05) is 62.0 Å². The van der Waals surface area contributed by atoms with Gasteiger partial charge in [-0.1, -0.05) is 123 Å². The molecule has 0 spiro atoms. The molecule has 342 valence electrons. The highest BCUT2D eigenvalue weighted by Gasteiger charge is 2.18. The van der Waals surface area contributed by atoms with Crippen molar-refractivity contribution in [2.24, 2.45) is 23.7 Å². The number of hydrogen-bond acceptors (Lipinski definition) is 10. The maximum Gasteiger partial charge on any atom is 0.222 e. The number of unbranched alkanes of at least 4 members (excludes halogenated alkanes) is 7. The van der Waals surface area contributed by atoms with Crippen molar-refractivity contribution in [2.45, 2.75) is 170 Å². The van der Waals surface area contributed by atoms with Crippen molar-refractivity contribution in [2.75, 3.05) is 32.8 Å². The van der Waals surface area contributed by atoms with Crippen LogP contribution < -0.4 is 25.4 Å². The van der Waals surface area contributed by atoms with Gasteiger partial charge in [-0.3, -0.25) is 28.8 Å². The lowest BCUT2D eigenvalue weighted by Crippen LogP contribution is -2.33. The van der Waals surface area contributed by atoms with Crippen LogP contribution in [0.1, 0.15) is 169 Å². The third kappa shape index (κ3) is 25.7. The molecule has 4 atom stereocenters. The van der Waals surface area contributed by atoms with Crippen molar-refractivity contribution in [3.05, 3.63) is 23.3 Å². The van der Waals surface area contributed by atoms with Crippen LogP contribution in [0.5, 0.6) is 11.5 Å². The number of carbonyl (C=O) groups is 6. The van der Waals surface area contributed by atoms with E-state index in [1.165, 1.54) is 43.8 Å². The Hall–Kier alpha value is -3.06. The molecule has 60 heavy (non-hydrogen) atoms. The summed E-state index contributed by atoms with van der Waals surface area (Å²) in [6, 6.07) is 3.66. The van der Waals surface area contributed by atoms with Crippen LogP contribution in [0.4, 0.5) is 0 Å². The van der Waals surface area contributed by atoms with Crippen LogP contribution in [-0.4, -0.2) is 66.6 Å². The zero-order chi connectivity index (χ0) is 44.7. The molecule has 13 heteroatoms. The van der Waals surface area contributed by atoms with Gasteiger partial charge in [0.25, 0.3) is 0 Å². The number of ether oxygens (including phenoxy) is 2. The van der Waals surface area contributed by atoms with Crippen LogP contribution in [0.3, 0.4) is 0 Å². The fourth-order valence-electron chi connectivity index (χ4n) is 6.61. The number of nitrogens with one attached hydrogen (secondary N) is 3. The van der Waals surface area contributed by atoms with Gasteiger partial charge in [-0.2, -0.15) is 0 Å². The molecule has 1 aromatic carbocycles. The first-order chi connectivity index (χ1) is 28.7. The third-order valence-corrected chi connectivity index (χ3v) is 12.5. The molecule has 0 radical (unpaired) electrons. The third-order valence-electron chi connectivity index (χ3n) is 10.7. The molecule has 0 aromatic heterocycles. The quantitative estimate of drug-likeness (QED) is 0.0561. The predicted octanol–water partition coefficient (Wildman–Crippen LogP) is 9.75. The minimum atomic E-state index is -0.191. The smallest absolute Gasteiger partial charge is 0.222 e. The van der Waals surface area contributed by atoms with Crippen molar-refractivity contribution in [1.29, 1.82) is 0 Å². The second-order valence-electron chi connectivity index (χ2n) is 16.4. The zero-order valence-electron chi connectivity index (χ0n) is 38.3. The Kier molecular flexibility index (Phi) is 30.7. The van der Waals surface area contributed by atoms with E-state index in [4.69, 9.17) is 9.47 Å². The highest BCUT2D eigenvalue weighted by Crippen LogP contribution is 2.35. The Morgan fingerprint density at radius 1 is 0.517 bits per heavy atom. The van der Waals surface area contributed by atoms with Crippen LogP contribution in [0.15, 0.2) is 12.1 Å². The summed E-state index contributed by atoms with van der Waals surface area (Å²) in [4.78, 5) is 74.2. The lowest BCUT2D eigenvalue weighted by Gasteiger charge is -2.18. The van der Waals surface area contributed by atoms with E-state index in [1.807, 2.05) is 39.8 Å². The Morgan fingerprint density at radius 2 is 0.900 bits per heavy atom. The number of rotatable bonds is 35. The number of Topliss-reactive ketones (excluding diaryl/α,β-unsaturated/α-hetero) is 1. The van der Waals surface area contributed by atoms with Crippen molar-refractivity contribution >= 4 is 57.3 Å². The molecule has 3 N–H and O–H groups in total. The van der Waals surface area contributed by atoms with E-state index in [0.29, 0.717) is 48.2 Å². The van der Waals surface area contributed by atoms with E-state index in [-0.39, 0.29) is 77.9 Å². The van der Waals surface area contributed by atoms with E-state index >= 15 is 0 Å². The van der Waals surface area contributed by atoms with Gasteiger partial charge in [0.05, 0.1) is 13.1 Å². The number of benzene rings is 1. The molecule has 0 fully saturated rings. The first-order valence-corrected chi connectivity index (χ1v) is 24.7. The van der Waals surface area contributed by atoms with Gasteiger partial charge in [-0.05, 0) is 61.8 Å². The molecular weight excluding hydrogens is 799 g/mol. The van der Waals surface area contributed by atoms with Crippen LogP contribution in [-0.2, 0) is 40.3 Å². The van der Waals surface area contributed by atoms with Crippen molar-refractivity contribution < 1.29 is 38.2 Å². The number of hydrogen-bond donors (Lipinski definition) is 3. The summed E-state index contributed by atoms with van der Waals surface area (Å²) in [7, 11) is 0. The lowest BCUT2D eigenvalue weighted by molar-refractivity contribution is -0.125. The molecular formula is C47H79N3O8S2. The van der Waals surface area contributed by atoms with Gasteiger partial charge in [0.1, 0.15) is 19.0 Å². The molecule has 1 rings (SSSR count). The Balaban J connectivity index is 2.70. The average Bonchev–Trinajstić information content (AvgIpc) is 3.21. The topological polar surface area (TPSA) is 157 Å². The first-order valence-electron chi connectivity index (χ1n) is 22.7. The number of carbonyl (C=O) groups excluding carboxylic acids is 6. The first kappa shape index (κ1) is 55.0. The molecule has 0 aliphatic rings. The van der Waals surface area contributed by atoms with Crippen molar-refractivity contribution in [1.82, 2.24) is 16.0 Å². The molecule has 0 aliphatic carbocycles. The van der Waals surface area contributed by atoms with E-state index < -0.39 is 0 Å². The minimum Gasteiger partial charge on any atom is -0.488 e. The zero-order valence-corrected chi connectivity index (χ0v) is 39.9. The molecule has 11 nitrogen and oxygen atoms in total. The van der Waals surface area contributed by atoms with Gasteiger partial charge in [-0.15, -0.1) is 0 Å². The maximum atomic E-state index is 12.9. The van der Waals surface area contributed by atoms with E-state index in [1.54, 1.807) is 0 Å². The molecule has 0 bridgehead atoms. The van der Waals surface area contributed by atoms with Crippen molar-refractivity contribution in [3.63, 3.8) is 0 Å². The number of thioether (sulfide) groups is 2. The Bertz CT molecular complexity index is 1340. The van der Waals surface area contributed by atoms with Gasteiger partial charge in [-0.25, -0.2) is 0 Å². The molecule has 0 heterocycles. The minimum absolute atomic E-state index is 0.0208. The number of amides is 3. The summed E-state index contributed by atoms with van der Waals surface area (Å²) in [5.41, 5.74) is 1.69. The summed E-state index contributed by atoms with van der Waals surface area (Å²) in [6.45, 7) is 16.7. The monoisotopic (exact) mass is 878 g/mol. The van der Waals surface area contributed by atoms with Gasteiger partial charge in [0.2, 0.25) is 17.7 Å². The molecule has 0 saturated carbocycles. The van der Waals surface area contributed by atoms with E-state index in [9.17, 15) is 28.8 Å². The summed E-state index contributed by atoms with van der Waals surface area (Å²) in [5, 5.41) is 8.90. The summed E-state index contributed by atoms with van der Waals surface area (Å²) in [5.74, 6) is 1.82. The fourth-order valence-corrected chi connectivity index (χ4v) is 7.86. The summed E-state index contributed by atoms with van der Waals surface area (Å²) >= 11 is 2.34. The standard InChI is InChI=1S/C47H79N3O8S2/c1-9-11-14-20-34(3)42(53)24-17-13-16-22-36(5)46(55)49-26-28-57-43-30-40(32-59-38(7)51)41(33-60-39(8)52)31-44(43)58-29-27-50-47(56)37(6)23-18-19-25-48-45(54)35(4)21-15-12-10-2/h30-31,34-37H,9-29,32-33H2,1-8H3,(H,48,54)(H,49,55)(H,50,56)/t34-,35-,36-,37-/m0/s1. The molecule has 0 unspecified atom stereocenters. The highest BCUT2D eigenvalue weighted by molar-refractivity contribution is 8.13. The largest absolute Gasteiger partial charge is 0.488 e. The summed E-state index contributed by atoms with van der Waals surface area (Å²) in [6.07, 6.45) is 15.0. The Morgan fingerprint density at radius 3 is 1.32 bits per heavy atom. The van der Waals surface area contributed by atoms with Gasteiger partial charge < -0.3 is 25.4 Å². The van der Waals surface area contributed by atoms with Gasteiger partial charge >= 0.3 is 0 Å². The van der Waals surface area contributed by atoms with Crippen LogP contribution in [0, 0.1) is 23.7 Å². The van der Waals surface area contributed by atoms with Gasteiger partial charge in [0.15, 0.2) is 21.7 Å². The second-order valence-corrected chi connectivity index (χ2v) is 18.7. The molecule has 0 saturated heterocycles. The molecule has 0 aliphatic heterocycles. The molecule has 1 aromatic rings. The maximum absolute atomic E-state index is 12.9. The second kappa shape index (κ2) is 33.6. The Labute approximate surface area is 370 Å². The van der Waals surface area contributed by atoms with E-state index in [0.717, 1.165) is 94.6 Å². The summed E-state index contributed by atoms with van der Waals surface area (Å²) < 4.78 is 12.3. The normalized spacial score (nSPS) is 13.1. The average molecular weight is 878 g/mol. The van der Waals surface area contributed by atoms with Crippen LogP contribution in [0.2, 0.25) is 0 Å². The highest BCUT2D eigenvalue weighted by atomic mass is 32.2. The fraction of sp³-hybridized carbons (Fsp3) is 0.745. The van der Waals surface area contributed by atoms with Crippen molar-refractivity contribution in [3.8, 4) is 11.5 Å². The van der Waals surface area contributed by atoms with Crippen LogP contribution in [0.25, 0.3) is 0 Å². The SMILES string of the molecule is CCCCC[C@H](C)C(=O)CCCCC[C@H](C)C(=O)NCCOc1cc(CSC(C)=O)c(CSC(C)=O)cc1OCCNC(=O)[C@@H](C)CCCCNC(=O)[C@@H](C)CCCCC. The number of ketones is 1.